The summed E-state index contributed by atoms with van der Waals surface area (Å²) in [5.74, 6) is -2.39. The second kappa shape index (κ2) is 6.25. The molecule has 0 bridgehead atoms. The van der Waals surface area contributed by atoms with Gasteiger partial charge in [-0.05, 0) is 38.5 Å². The minimum absolute atomic E-state index is 0.0279. The van der Waals surface area contributed by atoms with Crippen LogP contribution >= 0.6 is 0 Å². The number of hydrogen-bond acceptors (Lipinski definition) is 4. The molecule has 0 aromatic heterocycles. The standard InChI is InChI=1S/C14H17NO6/c1-14(2,3)21-13(20)15-10(12(18)19)8-4-6-9(7-5-8)11(16)17/h4-7,10H,1-3H3,(H,15,20)(H,16,17)(H,18,19). The predicted molar refractivity (Wildman–Crippen MR) is 73.1 cm³/mol. The maximum atomic E-state index is 11.6. The minimum atomic E-state index is -1.32. The van der Waals surface area contributed by atoms with Crippen molar-refractivity contribution in [1.29, 1.82) is 0 Å². The van der Waals surface area contributed by atoms with Gasteiger partial charge in [0, 0.05) is 0 Å². The predicted octanol–water partition coefficient (Wildman–Crippen LogP) is 2.04. The summed E-state index contributed by atoms with van der Waals surface area (Å²) >= 11 is 0. The van der Waals surface area contributed by atoms with Gasteiger partial charge in [-0.1, -0.05) is 12.1 Å². The highest BCUT2D eigenvalue weighted by Gasteiger charge is 2.25. The number of carbonyl (C=O) groups excluding carboxylic acids is 1. The Labute approximate surface area is 121 Å². The summed E-state index contributed by atoms with van der Waals surface area (Å²) in [6, 6.07) is 3.89. The molecule has 1 rings (SSSR count). The van der Waals surface area contributed by atoms with Gasteiger partial charge >= 0.3 is 18.0 Å². The summed E-state index contributed by atoms with van der Waals surface area (Å²) in [6.45, 7) is 4.97. The van der Waals surface area contributed by atoms with Crippen LogP contribution < -0.4 is 5.32 Å². The zero-order valence-electron chi connectivity index (χ0n) is 11.9. The first-order chi connectivity index (χ1) is 9.60. The monoisotopic (exact) mass is 295 g/mol. The molecule has 1 amide bonds. The molecule has 0 aliphatic rings. The van der Waals surface area contributed by atoms with Gasteiger partial charge in [0.25, 0.3) is 0 Å². The number of carboxylic acid groups (broad SMARTS) is 2. The van der Waals surface area contributed by atoms with Crippen LogP contribution in [-0.2, 0) is 9.53 Å². The normalized spacial score (nSPS) is 12.3. The summed E-state index contributed by atoms with van der Waals surface area (Å²) in [4.78, 5) is 33.6. The van der Waals surface area contributed by atoms with Gasteiger partial charge in [0.05, 0.1) is 5.56 Å². The largest absolute Gasteiger partial charge is 0.479 e. The van der Waals surface area contributed by atoms with Crippen LogP contribution in [0.3, 0.4) is 0 Å². The highest BCUT2D eigenvalue weighted by Crippen LogP contribution is 2.16. The van der Waals surface area contributed by atoms with E-state index in [1.165, 1.54) is 24.3 Å². The third-order valence-electron chi connectivity index (χ3n) is 2.40. The van der Waals surface area contributed by atoms with Crippen LogP contribution in [0.2, 0.25) is 0 Å². The fourth-order valence-corrected chi connectivity index (χ4v) is 1.53. The molecule has 0 spiro atoms. The van der Waals surface area contributed by atoms with Crippen LogP contribution in [-0.4, -0.2) is 33.8 Å². The van der Waals surface area contributed by atoms with Crippen LogP contribution in [0.5, 0.6) is 0 Å². The van der Waals surface area contributed by atoms with E-state index in [0.29, 0.717) is 0 Å². The lowest BCUT2D eigenvalue weighted by molar-refractivity contribution is -0.139. The van der Waals surface area contributed by atoms with Crippen LogP contribution in [0, 0.1) is 0 Å². The molecular weight excluding hydrogens is 278 g/mol. The lowest BCUT2D eigenvalue weighted by Gasteiger charge is -2.22. The number of ether oxygens (including phenoxy) is 1. The average molecular weight is 295 g/mol. The number of nitrogens with one attached hydrogen (secondary N) is 1. The van der Waals surface area contributed by atoms with Gasteiger partial charge in [-0.25, -0.2) is 14.4 Å². The Morgan fingerprint density at radius 3 is 2.00 bits per heavy atom. The number of rotatable bonds is 4. The summed E-state index contributed by atoms with van der Waals surface area (Å²) in [5, 5.41) is 20.2. The summed E-state index contributed by atoms with van der Waals surface area (Å²) in [7, 11) is 0. The van der Waals surface area contributed by atoms with Crippen molar-refractivity contribution in [3.8, 4) is 0 Å². The van der Waals surface area contributed by atoms with E-state index in [1.54, 1.807) is 20.8 Å². The Bertz CT molecular complexity index is 544. The number of alkyl carbamates (subject to hydrolysis) is 1. The quantitative estimate of drug-likeness (QED) is 0.783. The minimum Gasteiger partial charge on any atom is -0.479 e. The smallest absolute Gasteiger partial charge is 0.408 e. The van der Waals surface area contributed by atoms with Crippen molar-refractivity contribution in [2.24, 2.45) is 0 Å². The second-order valence-electron chi connectivity index (χ2n) is 5.34. The van der Waals surface area contributed by atoms with E-state index >= 15 is 0 Å². The highest BCUT2D eigenvalue weighted by molar-refractivity contribution is 5.88. The summed E-state index contributed by atoms with van der Waals surface area (Å²) in [5.41, 5.74) is -0.473. The van der Waals surface area contributed by atoms with Gasteiger partial charge < -0.3 is 20.3 Å². The van der Waals surface area contributed by atoms with Crippen molar-refractivity contribution >= 4 is 18.0 Å². The first kappa shape index (κ1) is 16.5. The Morgan fingerprint density at radius 2 is 1.62 bits per heavy atom. The summed E-state index contributed by atoms with van der Waals surface area (Å²) in [6.07, 6.45) is -0.864. The Hall–Kier alpha value is -2.57. The first-order valence-electron chi connectivity index (χ1n) is 6.16. The van der Waals surface area contributed by atoms with E-state index in [4.69, 9.17) is 14.9 Å². The molecule has 0 saturated heterocycles. The third-order valence-corrected chi connectivity index (χ3v) is 2.40. The first-order valence-corrected chi connectivity index (χ1v) is 6.16. The van der Waals surface area contributed by atoms with E-state index in [2.05, 4.69) is 5.32 Å². The molecule has 0 aliphatic carbocycles. The Balaban J connectivity index is 2.89. The fourth-order valence-electron chi connectivity index (χ4n) is 1.53. The molecule has 1 aromatic rings. The molecule has 21 heavy (non-hydrogen) atoms. The van der Waals surface area contributed by atoms with E-state index in [9.17, 15) is 14.4 Å². The SMILES string of the molecule is CC(C)(C)OC(=O)NC(C(=O)O)c1ccc(C(=O)O)cc1. The number of hydrogen-bond donors (Lipinski definition) is 3. The lowest BCUT2D eigenvalue weighted by atomic mass is 10.1. The van der Waals surface area contributed by atoms with Gasteiger partial charge in [0.15, 0.2) is 6.04 Å². The molecule has 114 valence electrons. The fraction of sp³-hybridized carbons (Fsp3) is 0.357. The number of amides is 1. The molecule has 0 aliphatic heterocycles. The van der Waals surface area contributed by atoms with Crippen LogP contribution in [0.4, 0.5) is 4.79 Å². The van der Waals surface area contributed by atoms with Crippen molar-refractivity contribution in [3.05, 3.63) is 35.4 Å². The van der Waals surface area contributed by atoms with Crippen LogP contribution in [0.1, 0.15) is 42.7 Å². The Morgan fingerprint density at radius 1 is 1.10 bits per heavy atom. The lowest BCUT2D eigenvalue weighted by Crippen LogP contribution is -2.38. The van der Waals surface area contributed by atoms with Gasteiger partial charge in [-0.2, -0.15) is 0 Å². The molecule has 0 radical (unpaired) electrons. The molecular formula is C14H17NO6. The average Bonchev–Trinajstić information content (AvgIpc) is 2.33. The molecule has 0 fully saturated rings. The van der Waals surface area contributed by atoms with Gasteiger partial charge in [0.1, 0.15) is 5.60 Å². The zero-order valence-corrected chi connectivity index (χ0v) is 11.9. The number of carboxylic acids is 2. The van der Waals surface area contributed by atoms with Crippen LogP contribution in [0.15, 0.2) is 24.3 Å². The molecule has 1 aromatic carbocycles. The topological polar surface area (TPSA) is 113 Å². The molecule has 1 unspecified atom stereocenters. The maximum Gasteiger partial charge on any atom is 0.408 e. The highest BCUT2D eigenvalue weighted by atomic mass is 16.6. The molecule has 0 heterocycles. The molecule has 1 atom stereocenters. The van der Waals surface area contributed by atoms with Crippen molar-refractivity contribution in [2.45, 2.75) is 32.4 Å². The second-order valence-corrected chi connectivity index (χ2v) is 5.34. The van der Waals surface area contributed by atoms with E-state index in [0.717, 1.165) is 0 Å². The van der Waals surface area contributed by atoms with E-state index < -0.39 is 29.7 Å². The van der Waals surface area contributed by atoms with E-state index in [1.807, 2.05) is 0 Å². The third kappa shape index (κ3) is 5.13. The van der Waals surface area contributed by atoms with Gasteiger partial charge in [-0.3, -0.25) is 0 Å². The van der Waals surface area contributed by atoms with Gasteiger partial charge in [0.2, 0.25) is 0 Å². The van der Waals surface area contributed by atoms with E-state index in [-0.39, 0.29) is 11.1 Å². The number of aliphatic carboxylic acids is 1. The number of aromatic carboxylic acids is 1. The summed E-state index contributed by atoms with van der Waals surface area (Å²) < 4.78 is 4.99. The van der Waals surface area contributed by atoms with Crippen molar-refractivity contribution in [1.82, 2.24) is 5.32 Å². The number of carbonyl (C=O) groups is 3. The molecule has 3 N–H and O–H groups in total. The van der Waals surface area contributed by atoms with Crippen LogP contribution in [0.25, 0.3) is 0 Å². The molecule has 7 heteroatoms. The van der Waals surface area contributed by atoms with Crippen molar-refractivity contribution in [2.75, 3.05) is 0 Å². The zero-order chi connectivity index (χ0) is 16.2. The van der Waals surface area contributed by atoms with Crippen molar-refractivity contribution in [3.63, 3.8) is 0 Å². The number of benzene rings is 1. The maximum absolute atomic E-state index is 11.6. The Kier molecular flexibility index (Phi) is 4.91. The molecule has 0 saturated carbocycles. The van der Waals surface area contributed by atoms with Crippen molar-refractivity contribution < 1.29 is 29.3 Å². The molecule has 7 nitrogen and oxygen atoms in total. The van der Waals surface area contributed by atoms with Gasteiger partial charge in [-0.15, -0.1) is 0 Å².